The summed E-state index contributed by atoms with van der Waals surface area (Å²) in [4.78, 5) is 16.8. The van der Waals surface area contributed by atoms with Gasteiger partial charge in [-0.3, -0.25) is 4.79 Å². The van der Waals surface area contributed by atoms with Crippen molar-refractivity contribution in [2.75, 3.05) is 5.32 Å². The molecule has 140 valence electrons. The van der Waals surface area contributed by atoms with Gasteiger partial charge in [0.1, 0.15) is 16.5 Å². The lowest BCUT2D eigenvalue weighted by atomic mass is 10.2. The Morgan fingerprint density at radius 3 is 2.39 bits per heavy atom. The van der Waals surface area contributed by atoms with Crippen LogP contribution < -0.4 is 5.32 Å². The van der Waals surface area contributed by atoms with Crippen molar-refractivity contribution < 1.29 is 9.18 Å². The van der Waals surface area contributed by atoms with Gasteiger partial charge in [-0.05, 0) is 55.5 Å². The van der Waals surface area contributed by atoms with Crippen LogP contribution in [0.2, 0.25) is 5.15 Å². The average molecular weight is 396 g/mol. The van der Waals surface area contributed by atoms with Crippen LogP contribution in [0.15, 0.2) is 67.3 Å². The molecule has 0 unspecified atom stereocenters. The first-order chi connectivity index (χ1) is 13.5. The van der Waals surface area contributed by atoms with E-state index in [4.69, 9.17) is 11.6 Å². The number of hydrogen-bond acceptors (Lipinski definition) is 3. The van der Waals surface area contributed by atoms with Gasteiger partial charge in [0, 0.05) is 23.8 Å². The van der Waals surface area contributed by atoms with Crippen LogP contribution in [0.3, 0.4) is 0 Å². The molecular weight excluding hydrogens is 381 g/mol. The van der Waals surface area contributed by atoms with E-state index in [0.717, 1.165) is 5.69 Å². The Balaban J connectivity index is 1.57. The molecule has 6 nitrogen and oxygen atoms in total. The molecule has 2 heterocycles. The number of carbonyl (C=O) groups is 1. The number of nitrogens with one attached hydrogen (secondary N) is 1. The molecule has 0 saturated carbocycles. The summed E-state index contributed by atoms with van der Waals surface area (Å²) in [5.74, 6) is -0.730. The van der Waals surface area contributed by atoms with Gasteiger partial charge in [0.05, 0.1) is 17.7 Å². The second-order valence-corrected chi connectivity index (χ2v) is 6.47. The van der Waals surface area contributed by atoms with Crippen LogP contribution in [0.25, 0.3) is 11.4 Å². The van der Waals surface area contributed by atoms with E-state index in [-0.39, 0.29) is 22.4 Å². The molecule has 0 aliphatic rings. The van der Waals surface area contributed by atoms with Crippen LogP contribution >= 0.6 is 11.6 Å². The molecule has 1 amide bonds. The Hall–Kier alpha value is -3.45. The average Bonchev–Trinajstić information content (AvgIpc) is 3.31. The van der Waals surface area contributed by atoms with Gasteiger partial charge in [0.15, 0.2) is 0 Å². The zero-order chi connectivity index (χ0) is 19.7. The first-order valence-corrected chi connectivity index (χ1v) is 8.81. The summed E-state index contributed by atoms with van der Waals surface area (Å²) >= 11 is 6.39. The molecule has 4 rings (SSSR count). The fourth-order valence-electron chi connectivity index (χ4n) is 2.83. The fraction of sp³-hybridized carbons (Fsp3) is 0.0500. The lowest BCUT2D eigenvalue weighted by Gasteiger charge is -2.07. The van der Waals surface area contributed by atoms with Gasteiger partial charge in [-0.1, -0.05) is 11.6 Å². The van der Waals surface area contributed by atoms with Crippen LogP contribution in [0, 0.1) is 12.7 Å². The molecule has 28 heavy (non-hydrogen) atoms. The number of carbonyl (C=O) groups excluding carboxylic acids is 1. The highest BCUT2D eigenvalue weighted by molar-refractivity contribution is 6.34. The summed E-state index contributed by atoms with van der Waals surface area (Å²) in [6.45, 7) is 1.70. The Labute approximate surface area is 165 Å². The molecule has 0 fully saturated rings. The van der Waals surface area contributed by atoms with Crippen molar-refractivity contribution in [3.63, 3.8) is 0 Å². The van der Waals surface area contributed by atoms with Crippen molar-refractivity contribution in [2.24, 2.45) is 0 Å². The van der Waals surface area contributed by atoms with Crippen LogP contribution in [0.1, 0.15) is 16.1 Å². The van der Waals surface area contributed by atoms with Crippen LogP contribution in [-0.2, 0) is 0 Å². The molecular formula is C20H15ClFN5O. The van der Waals surface area contributed by atoms with Crippen molar-refractivity contribution in [1.29, 1.82) is 0 Å². The van der Waals surface area contributed by atoms with Gasteiger partial charge in [0.2, 0.25) is 0 Å². The predicted molar refractivity (Wildman–Crippen MR) is 105 cm³/mol. The SMILES string of the molecule is Cc1nn(-c2ccc(F)cc2)c(Cl)c1C(=O)Nc1ccc(-n2ccnc2)cc1. The number of nitrogens with zero attached hydrogens (tertiary/aromatic N) is 4. The van der Waals surface area contributed by atoms with Crippen molar-refractivity contribution in [3.8, 4) is 11.4 Å². The van der Waals surface area contributed by atoms with E-state index in [1.54, 1.807) is 43.7 Å². The Morgan fingerprint density at radius 2 is 1.75 bits per heavy atom. The highest BCUT2D eigenvalue weighted by atomic mass is 35.5. The maximum absolute atomic E-state index is 13.1. The van der Waals surface area contributed by atoms with Crippen molar-refractivity contribution in [2.45, 2.75) is 6.92 Å². The maximum Gasteiger partial charge on any atom is 0.260 e. The summed E-state index contributed by atoms with van der Waals surface area (Å²) in [6.07, 6.45) is 5.22. The summed E-state index contributed by atoms with van der Waals surface area (Å²) in [5.41, 5.74) is 2.86. The minimum absolute atomic E-state index is 0.164. The number of aryl methyl sites for hydroxylation is 1. The maximum atomic E-state index is 13.1. The first kappa shape index (κ1) is 17.9. The third kappa shape index (κ3) is 3.39. The molecule has 0 radical (unpaired) electrons. The number of hydrogen-bond donors (Lipinski definition) is 1. The third-order valence-electron chi connectivity index (χ3n) is 4.23. The predicted octanol–water partition coefficient (Wildman–Crippen LogP) is 4.41. The van der Waals surface area contributed by atoms with E-state index in [9.17, 15) is 9.18 Å². The van der Waals surface area contributed by atoms with Gasteiger partial charge < -0.3 is 9.88 Å². The van der Waals surface area contributed by atoms with Gasteiger partial charge >= 0.3 is 0 Å². The van der Waals surface area contributed by atoms with Gasteiger partial charge in [0.25, 0.3) is 5.91 Å². The summed E-state index contributed by atoms with van der Waals surface area (Å²) < 4.78 is 16.4. The Kier molecular flexibility index (Phi) is 4.67. The van der Waals surface area contributed by atoms with E-state index in [1.807, 2.05) is 22.9 Å². The van der Waals surface area contributed by atoms with E-state index in [2.05, 4.69) is 15.4 Å². The van der Waals surface area contributed by atoms with Crippen LogP contribution in [0.5, 0.6) is 0 Å². The topological polar surface area (TPSA) is 64.7 Å². The molecule has 2 aromatic heterocycles. The number of halogens is 2. The lowest BCUT2D eigenvalue weighted by Crippen LogP contribution is -2.13. The molecule has 2 aromatic carbocycles. The molecule has 0 atom stereocenters. The number of rotatable bonds is 4. The lowest BCUT2D eigenvalue weighted by molar-refractivity contribution is 0.102. The van der Waals surface area contributed by atoms with Crippen LogP contribution in [0.4, 0.5) is 10.1 Å². The highest BCUT2D eigenvalue weighted by Gasteiger charge is 2.21. The van der Waals surface area contributed by atoms with Gasteiger partial charge in [-0.25, -0.2) is 14.1 Å². The fourth-order valence-corrected chi connectivity index (χ4v) is 3.19. The summed E-state index contributed by atoms with van der Waals surface area (Å²) in [6, 6.07) is 13.0. The molecule has 0 aliphatic heterocycles. The molecule has 0 aliphatic carbocycles. The number of amides is 1. The molecule has 0 saturated heterocycles. The number of aromatic nitrogens is 4. The third-order valence-corrected chi connectivity index (χ3v) is 4.58. The van der Waals surface area contributed by atoms with E-state index < -0.39 is 0 Å². The molecule has 4 aromatic rings. The Bertz CT molecular complexity index is 1120. The molecule has 0 bridgehead atoms. The standard InChI is InChI=1S/C20H15ClFN5O/c1-13-18(19(21)27(25-13)17-6-2-14(22)3-7-17)20(28)24-15-4-8-16(9-5-15)26-11-10-23-12-26/h2-12H,1H3,(H,24,28). The minimum atomic E-state index is -0.369. The summed E-state index contributed by atoms with van der Waals surface area (Å²) in [5, 5.41) is 7.30. The second-order valence-electron chi connectivity index (χ2n) is 6.11. The first-order valence-electron chi connectivity index (χ1n) is 8.44. The van der Waals surface area contributed by atoms with Crippen molar-refractivity contribution in [3.05, 3.63) is 89.5 Å². The smallest absolute Gasteiger partial charge is 0.260 e. The van der Waals surface area contributed by atoms with E-state index >= 15 is 0 Å². The second kappa shape index (κ2) is 7.28. The highest BCUT2D eigenvalue weighted by Crippen LogP contribution is 2.25. The normalized spacial score (nSPS) is 10.8. The van der Waals surface area contributed by atoms with Crippen LogP contribution in [-0.4, -0.2) is 25.2 Å². The molecule has 0 spiro atoms. The molecule has 8 heteroatoms. The quantitative estimate of drug-likeness (QED) is 0.556. The van der Waals surface area contributed by atoms with Crippen molar-refractivity contribution >= 4 is 23.2 Å². The minimum Gasteiger partial charge on any atom is -0.322 e. The van der Waals surface area contributed by atoms with Gasteiger partial charge in [-0.2, -0.15) is 5.10 Å². The van der Waals surface area contributed by atoms with E-state index in [1.165, 1.54) is 16.8 Å². The number of benzene rings is 2. The monoisotopic (exact) mass is 395 g/mol. The zero-order valence-corrected chi connectivity index (χ0v) is 15.6. The zero-order valence-electron chi connectivity index (χ0n) is 14.8. The number of imidazole rings is 1. The number of anilines is 1. The van der Waals surface area contributed by atoms with Crippen molar-refractivity contribution in [1.82, 2.24) is 19.3 Å². The summed E-state index contributed by atoms with van der Waals surface area (Å²) in [7, 11) is 0. The van der Waals surface area contributed by atoms with Gasteiger partial charge in [-0.15, -0.1) is 0 Å². The van der Waals surface area contributed by atoms with E-state index in [0.29, 0.717) is 17.1 Å². The Morgan fingerprint density at radius 1 is 1.07 bits per heavy atom. The largest absolute Gasteiger partial charge is 0.322 e. The molecule has 1 N–H and O–H groups in total.